The fourth-order valence-electron chi connectivity index (χ4n) is 1.02. The van der Waals surface area contributed by atoms with Gasteiger partial charge in [0.25, 0.3) is 0 Å². The van der Waals surface area contributed by atoms with Gasteiger partial charge in [0.15, 0.2) is 11.5 Å². The molecule has 0 spiro atoms. The van der Waals surface area contributed by atoms with E-state index in [1.54, 1.807) is 0 Å². The Kier molecular flexibility index (Phi) is 2.80. The molecule has 0 aromatic heterocycles. The number of rotatable bonds is 2. The average molecular weight is 228 g/mol. The van der Waals surface area contributed by atoms with E-state index in [1.165, 1.54) is 0 Å². The van der Waals surface area contributed by atoms with Crippen LogP contribution in [0.4, 0.5) is 0 Å². The minimum Gasteiger partial charge on any atom is -0.504 e. The summed E-state index contributed by atoms with van der Waals surface area (Å²) in [5.74, 6) is -6.44. The van der Waals surface area contributed by atoms with Crippen molar-refractivity contribution in [2.75, 3.05) is 0 Å². The van der Waals surface area contributed by atoms with E-state index in [0.717, 1.165) is 6.08 Å². The zero-order valence-electron chi connectivity index (χ0n) is 7.75. The van der Waals surface area contributed by atoms with Crippen LogP contribution in [0.1, 0.15) is 5.56 Å². The summed E-state index contributed by atoms with van der Waals surface area (Å²) in [4.78, 5) is 10.2. The topological polar surface area (TPSA) is 138 Å². The predicted octanol–water partition coefficient (Wildman–Crippen LogP) is 0.312. The Hall–Kier alpha value is -2.57. The molecule has 0 unspecified atom stereocenters. The fourth-order valence-corrected chi connectivity index (χ4v) is 1.02. The number of phenolic OH excluding ortho intramolecular Hbond substituents is 5. The third-order valence-corrected chi connectivity index (χ3v) is 1.80. The number of carboxylic acids is 1. The molecule has 0 atom stereocenters. The van der Waals surface area contributed by atoms with Crippen LogP contribution < -0.4 is 0 Å². The van der Waals surface area contributed by atoms with Crippen molar-refractivity contribution in [2.24, 2.45) is 0 Å². The van der Waals surface area contributed by atoms with Crippen LogP contribution in [0.2, 0.25) is 0 Å². The SMILES string of the molecule is O=C(O)C=Cc1c(O)c(O)c(O)c(O)c1O. The van der Waals surface area contributed by atoms with Gasteiger partial charge in [0.05, 0.1) is 5.56 Å². The lowest BCUT2D eigenvalue weighted by Crippen LogP contribution is -1.87. The van der Waals surface area contributed by atoms with Crippen molar-refractivity contribution in [2.45, 2.75) is 0 Å². The maximum absolute atomic E-state index is 10.2. The number of benzene rings is 1. The van der Waals surface area contributed by atoms with Crippen molar-refractivity contribution >= 4 is 12.0 Å². The molecule has 0 fully saturated rings. The first kappa shape index (κ1) is 11.5. The molecule has 0 amide bonds. The van der Waals surface area contributed by atoms with Crippen molar-refractivity contribution in [1.82, 2.24) is 0 Å². The van der Waals surface area contributed by atoms with Gasteiger partial charge in [-0.15, -0.1) is 0 Å². The van der Waals surface area contributed by atoms with E-state index in [2.05, 4.69) is 0 Å². The van der Waals surface area contributed by atoms with Crippen LogP contribution in [0, 0.1) is 0 Å². The summed E-state index contributed by atoms with van der Waals surface area (Å²) >= 11 is 0. The molecular weight excluding hydrogens is 220 g/mol. The molecule has 7 heteroatoms. The van der Waals surface area contributed by atoms with E-state index in [4.69, 9.17) is 20.4 Å². The van der Waals surface area contributed by atoms with Gasteiger partial charge < -0.3 is 30.6 Å². The van der Waals surface area contributed by atoms with Gasteiger partial charge in [-0.05, 0) is 6.08 Å². The first-order valence-corrected chi connectivity index (χ1v) is 3.96. The summed E-state index contributed by atoms with van der Waals surface area (Å²) in [6.07, 6.45) is 1.33. The van der Waals surface area contributed by atoms with Crippen molar-refractivity contribution in [3.05, 3.63) is 11.6 Å². The van der Waals surface area contributed by atoms with E-state index >= 15 is 0 Å². The molecule has 0 aliphatic carbocycles. The Labute approximate surface area is 88.8 Å². The summed E-state index contributed by atoms with van der Waals surface area (Å²) < 4.78 is 0. The van der Waals surface area contributed by atoms with Crippen LogP contribution in [0.25, 0.3) is 6.08 Å². The molecule has 0 saturated heterocycles. The second-order valence-electron chi connectivity index (χ2n) is 2.83. The van der Waals surface area contributed by atoms with Gasteiger partial charge in [-0.2, -0.15) is 0 Å². The Bertz CT molecular complexity index is 446. The minimum absolute atomic E-state index is 0.518. The van der Waals surface area contributed by atoms with Crippen LogP contribution in [0.15, 0.2) is 6.08 Å². The number of phenols is 5. The molecule has 1 rings (SSSR count). The molecule has 1 aromatic rings. The number of carbonyl (C=O) groups is 1. The molecule has 0 bridgehead atoms. The Morgan fingerprint density at radius 1 is 0.812 bits per heavy atom. The van der Waals surface area contributed by atoms with Crippen LogP contribution >= 0.6 is 0 Å². The van der Waals surface area contributed by atoms with E-state index in [0.29, 0.717) is 6.08 Å². The molecule has 1 aromatic carbocycles. The highest BCUT2D eigenvalue weighted by molar-refractivity contribution is 5.88. The lowest BCUT2D eigenvalue weighted by atomic mass is 10.1. The second kappa shape index (κ2) is 3.89. The number of hydrogen-bond acceptors (Lipinski definition) is 6. The number of aromatic hydroxyl groups is 5. The van der Waals surface area contributed by atoms with Crippen molar-refractivity contribution in [3.8, 4) is 28.7 Å². The van der Waals surface area contributed by atoms with Gasteiger partial charge in [0, 0.05) is 6.08 Å². The second-order valence-corrected chi connectivity index (χ2v) is 2.83. The molecule has 0 saturated carbocycles. The van der Waals surface area contributed by atoms with E-state index in [-0.39, 0.29) is 0 Å². The van der Waals surface area contributed by atoms with E-state index < -0.39 is 40.3 Å². The van der Waals surface area contributed by atoms with Gasteiger partial charge in [0.2, 0.25) is 17.2 Å². The van der Waals surface area contributed by atoms with Crippen molar-refractivity contribution in [1.29, 1.82) is 0 Å². The summed E-state index contributed by atoms with van der Waals surface area (Å²) in [5, 5.41) is 54.1. The zero-order chi connectivity index (χ0) is 12.5. The lowest BCUT2D eigenvalue weighted by Gasteiger charge is -2.09. The largest absolute Gasteiger partial charge is 0.504 e. The normalized spacial score (nSPS) is 10.8. The molecule has 7 nitrogen and oxygen atoms in total. The fraction of sp³-hybridized carbons (Fsp3) is 0. The van der Waals surface area contributed by atoms with Gasteiger partial charge >= 0.3 is 5.97 Å². The molecule has 0 heterocycles. The monoisotopic (exact) mass is 228 g/mol. The molecule has 0 aliphatic heterocycles. The summed E-state index contributed by atoms with van der Waals surface area (Å²) in [6.45, 7) is 0. The molecule has 0 aliphatic rings. The van der Waals surface area contributed by atoms with Crippen molar-refractivity contribution < 1.29 is 35.4 Å². The number of aliphatic carboxylic acids is 1. The van der Waals surface area contributed by atoms with Crippen LogP contribution in [-0.4, -0.2) is 36.6 Å². The number of hydrogen-bond donors (Lipinski definition) is 6. The van der Waals surface area contributed by atoms with Crippen LogP contribution in [0.5, 0.6) is 28.7 Å². The standard InChI is InChI=1S/C9H8O7/c10-4(11)2-1-3-5(12)7(14)9(16)8(15)6(3)13/h1-2,12-16H,(H,10,11). The lowest BCUT2D eigenvalue weighted by molar-refractivity contribution is -0.131. The Morgan fingerprint density at radius 3 is 1.56 bits per heavy atom. The van der Waals surface area contributed by atoms with Gasteiger partial charge in [-0.3, -0.25) is 0 Å². The predicted molar refractivity (Wildman–Crippen MR) is 51.4 cm³/mol. The summed E-state index contributed by atoms with van der Waals surface area (Å²) in [5.41, 5.74) is -0.518. The zero-order valence-corrected chi connectivity index (χ0v) is 7.75. The van der Waals surface area contributed by atoms with Crippen LogP contribution in [-0.2, 0) is 4.79 Å². The van der Waals surface area contributed by atoms with Crippen molar-refractivity contribution in [3.63, 3.8) is 0 Å². The highest BCUT2D eigenvalue weighted by Gasteiger charge is 2.21. The Morgan fingerprint density at radius 2 is 1.19 bits per heavy atom. The molecule has 0 radical (unpaired) electrons. The van der Waals surface area contributed by atoms with Crippen LogP contribution in [0.3, 0.4) is 0 Å². The minimum atomic E-state index is -1.36. The maximum Gasteiger partial charge on any atom is 0.328 e. The first-order valence-electron chi connectivity index (χ1n) is 3.96. The van der Waals surface area contributed by atoms with Gasteiger partial charge in [-0.25, -0.2) is 4.79 Å². The number of carboxylic acid groups (broad SMARTS) is 1. The molecule has 6 N–H and O–H groups in total. The Balaban J connectivity index is 3.45. The van der Waals surface area contributed by atoms with E-state index in [1.807, 2.05) is 0 Å². The van der Waals surface area contributed by atoms with E-state index in [9.17, 15) is 15.0 Å². The molecular formula is C9H8O7. The first-order chi connectivity index (χ1) is 7.36. The van der Waals surface area contributed by atoms with Gasteiger partial charge in [0.1, 0.15) is 0 Å². The highest BCUT2D eigenvalue weighted by Crippen LogP contribution is 2.51. The maximum atomic E-state index is 10.2. The molecule has 86 valence electrons. The van der Waals surface area contributed by atoms with Gasteiger partial charge in [-0.1, -0.05) is 0 Å². The quantitative estimate of drug-likeness (QED) is 0.243. The summed E-state index contributed by atoms with van der Waals surface area (Å²) in [6, 6.07) is 0. The average Bonchev–Trinajstić information content (AvgIpc) is 2.23. The third-order valence-electron chi connectivity index (χ3n) is 1.80. The highest BCUT2D eigenvalue weighted by atomic mass is 16.4. The third kappa shape index (κ3) is 1.78. The smallest absolute Gasteiger partial charge is 0.328 e. The summed E-state index contributed by atoms with van der Waals surface area (Å²) in [7, 11) is 0. The molecule has 16 heavy (non-hydrogen) atoms.